The molecule has 0 heterocycles. The van der Waals surface area contributed by atoms with Gasteiger partial charge in [0.2, 0.25) is 0 Å². The van der Waals surface area contributed by atoms with Crippen LogP contribution in [0, 0.1) is 5.92 Å². The zero-order valence-corrected chi connectivity index (χ0v) is 8.08. The summed E-state index contributed by atoms with van der Waals surface area (Å²) < 4.78 is 0. The number of rotatable bonds is 2. The first kappa shape index (κ1) is 9.01. The summed E-state index contributed by atoms with van der Waals surface area (Å²) in [5, 5.41) is 10.1. The molecule has 1 fully saturated rings. The van der Waals surface area contributed by atoms with E-state index in [4.69, 9.17) is 0 Å². The molecule has 0 saturated heterocycles. The van der Waals surface area contributed by atoms with Crippen molar-refractivity contribution < 1.29 is 5.11 Å². The minimum absolute atomic E-state index is 0.157. The third-order valence-electron chi connectivity index (χ3n) is 3.28. The van der Waals surface area contributed by atoms with Gasteiger partial charge in [-0.1, -0.05) is 37.5 Å². The molecule has 2 aliphatic rings. The van der Waals surface area contributed by atoms with E-state index in [1.807, 2.05) is 0 Å². The van der Waals surface area contributed by atoms with E-state index >= 15 is 0 Å². The van der Waals surface area contributed by atoms with Crippen molar-refractivity contribution in [1.82, 2.24) is 0 Å². The first-order valence-electron chi connectivity index (χ1n) is 5.41. The third kappa shape index (κ3) is 2.02. The molecule has 1 N–H and O–H groups in total. The Morgan fingerprint density at radius 2 is 2.00 bits per heavy atom. The third-order valence-corrected chi connectivity index (χ3v) is 3.28. The molecule has 0 aromatic heterocycles. The normalized spacial score (nSPS) is 26.1. The van der Waals surface area contributed by atoms with E-state index in [1.54, 1.807) is 0 Å². The van der Waals surface area contributed by atoms with E-state index in [-0.39, 0.29) is 6.10 Å². The number of hydrogen-bond donors (Lipinski definition) is 1. The quantitative estimate of drug-likeness (QED) is 0.689. The highest BCUT2D eigenvalue weighted by atomic mass is 16.3. The van der Waals surface area contributed by atoms with Crippen molar-refractivity contribution in [3.63, 3.8) is 0 Å². The molecule has 0 radical (unpaired) electrons. The molecule has 1 heteroatoms. The van der Waals surface area contributed by atoms with Gasteiger partial charge in [-0.25, -0.2) is 0 Å². The Bertz CT molecular complexity index is 221. The second kappa shape index (κ2) is 4.10. The molecule has 0 aromatic carbocycles. The van der Waals surface area contributed by atoms with Crippen LogP contribution in [0.25, 0.3) is 0 Å². The van der Waals surface area contributed by atoms with Crippen molar-refractivity contribution in [3.05, 3.63) is 23.8 Å². The van der Waals surface area contributed by atoms with Crippen molar-refractivity contribution in [2.24, 2.45) is 5.92 Å². The lowest BCUT2D eigenvalue weighted by molar-refractivity contribution is 0.114. The van der Waals surface area contributed by atoms with Crippen molar-refractivity contribution in [2.75, 3.05) is 0 Å². The van der Waals surface area contributed by atoms with Gasteiger partial charge in [-0.3, -0.25) is 0 Å². The lowest BCUT2D eigenvalue weighted by Crippen LogP contribution is -2.24. The summed E-state index contributed by atoms with van der Waals surface area (Å²) in [6.07, 6.45) is 13.5. The van der Waals surface area contributed by atoms with Crippen LogP contribution in [0.1, 0.15) is 38.5 Å². The summed E-state index contributed by atoms with van der Waals surface area (Å²) in [5.41, 5.74) is 1.23. The average Bonchev–Trinajstić information content (AvgIpc) is 2.71. The molecule has 0 amide bonds. The molecule has 1 saturated carbocycles. The number of allylic oxidation sites excluding steroid dienone is 3. The summed E-state index contributed by atoms with van der Waals surface area (Å²) in [6, 6.07) is 0. The lowest BCUT2D eigenvalue weighted by atomic mass is 9.82. The van der Waals surface area contributed by atoms with E-state index in [9.17, 15) is 5.11 Å². The van der Waals surface area contributed by atoms with Crippen LogP contribution in [0.2, 0.25) is 0 Å². The maximum absolute atomic E-state index is 10.1. The molecule has 0 aliphatic heterocycles. The molecular weight excluding hydrogens is 160 g/mol. The molecule has 2 rings (SSSR count). The number of aliphatic hydroxyl groups excluding tert-OH is 1. The lowest BCUT2D eigenvalue weighted by Gasteiger charge is -2.27. The van der Waals surface area contributed by atoms with Crippen LogP contribution in [0.3, 0.4) is 0 Å². The molecular formula is C12H18O. The maximum atomic E-state index is 10.1. The summed E-state index contributed by atoms with van der Waals surface area (Å²) in [7, 11) is 0. The summed E-state index contributed by atoms with van der Waals surface area (Å²) in [5.74, 6) is 0.542. The van der Waals surface area contributed by atoms with Crippen LogP contribution >= 0.6 is 0 Å². The first-order chi connectivity index (χ1) is 6.38. The molecule has 13 heavy (non-hydrogen) atoms. The van der Waals surface area contributed by atoms with Gasteiger partial charge in [0.25, 0.3) is 0 Å². The van der Waals surface area contributed by atoms with Crippen LogP contribution in [-0.4, -0.2) is 11.2 Å². The highest BCUT2D eigenvalue weighted by Crippen LogP contribution is 2.31. The van der Waals surface area contributed by atoms with Gasteiger partial charge >= 0.3 is 0 Å². The van der Waals surface area contributed by atoms with E-state index in [0.29, 0.717) is 5.92 Å². The van der Waals surface area contributed by atoms with Crippen LogP contribution in [0.15, 0.2) is 23.8 Å². The zero-order valence-electron chi connectivity index (χ0n) is 8.08. The van der Waals surface area contributed by atoms with Crippen molar-refractivity contribution in [1.29, 1.82) is 0 Å². The standard InChI is InChI=1S/C12H18O/c13-12(11-8-4-5-9-11)10-6-2-1-3-7-10/h4-5,8,10,12-13H,1-3,6-7,9H2. The Morgan fingerprint density at radius 3 is 2.62 bits per heavy atom. The molecule has 0 bridgehead atoms. The highest BCUT2D eigenvalue weighted by molar-refractivity contribution is 5.26. The molecule has 0 spiro atoms. The molecule has 1 unspecified atom stereocenters. The van der Waals surface area contributed by atoms with Crippen molar-refractivity contribution in [2.45, 2.75) is 44.6 Å². The van der Waals surface area contributed by atoms with Crippen molar-refractivity contribution >= 4 is 0 Å². The van der Waals surface area contributed by atoms with Crippen LogP contribution in [-0.2, 0) is 0 Å². The van der Waals surface area contributed by atoms with Gasteiger partial charge in [0.05, 0.1) is 6.10 Å². The van der Waals surface area contributed by atoms with Crippen molar-refractivity contribution in [3.8, 4) is 0 Å². The van der Waals surface area contributed by atoms with Gasteiger partial charge < -0.3 is 5.11 Å². The topological polar surface area (TPSA) is 20.2 Å². The van der Waals surface area contributed by atoms with Crippen LogP contribution < -0.4 is 0 Å². The minimum Gasteiger partial charge on any atom is -0.388 e. The Hall–Kier alpha value is -0.560. The average molecular weight is 178 g/mol. The molecule has 0 aromatic rings. The van der Waals surface area contributed by atoms with Gasteiger partial charge in [-0.05, 0) is 30.8 Å². The predicted molar refractivity (Wildman–Crippen MR) is 54.4 cm³/mol. The van der Waals surface area contributed by atoms with Crippen LogP contribution in [0.5, 0.6) is 0 Å². The first-order valence-corrected chi connectivity index (χ1v) is 5.41. The fourth-order valence-electron chi connectivity index (χ4n) is 2.44. The second-order valence-electron chi connectivity index (χ2n) is 4.22. The number of hydrogen-bond acceptors (Lipinski definition) is 1. The van der Waals surface area contributed by atoms with E-state index in [2.05, 4.69) is 18.2 Å². The molecule has 72 valence electrons. The molecule has 1 atom stereocenters. The van der Waals surface area contributed by atoms with E-state index < -0.39 is 0 Å². The van der Waals surface area contributed by atoms with E-state index in [0.717, 1.165) is 6.42 Å². The fraction of sp³-hybridized carbons (Fsp3) is 0.667. The maximum Gasteiger partial charge on any atom is 0.0784 e. The van der Waals surface area contributed by atoms with Gasteiger partial charge in [-0.15, -0.1) is 0 Å². The Kier molecular flexibility index (Phi) is 2.84. The van der Waals surface area contributed by atoms with Gasteiger partial charge in [0.1, 0.15) is 0 Å². The SMILES string of the molecule is OC(C1=CC=CC1)C1CCCCC1. The Balaban J connectivity index is 1.91. The van der Waals surface area contributed by atoms with E-state index in [1.165, 1.54) is 37.7 Å². The highest BCUT2D eigenvalue weighted by Gasteiger charge is 2.24. The van der Waals surface area contributed by atoms with Gasteiger partial charge in [-0.2, -0.15) is 0 Å². The van der Waals surface area contributed by atoms with Gasteiger partial charge in [0.15, 0.2) is 0 Å². The summed E-state index contributed by atoms with van der Waals surface area (Å²) >= 11 is 0. The van der Waals surface area contributed by atoms with Crippen LogP contribution in [0.4, 0.5) is 0 Å². The second-order valence-corrected chi connectivity index (χ2v) is 4.22. The summed E-state index contributed by atoms with van der Waals surface area (Å²) in [6.45, 7) is 0. The molecule has 2 aliphatic carbocycles. The zero-order chi connectivity index (χ0) is 9.10. The minimum atomic E-state index is -0.157. The Labute approximate surface area is 80.2 Å². The monoisotopic (exact) mass is 178 g/mol. The largest absolute Gasteiger partial charge is 0.388 e. The fourth-order valence-corrected chi connectivity index (χ4v) is 2.44. The van der Waals surface area contributed by atoms with Gasteiger partial charge in [0, 0.05) is 0 Å². The smallest absolute Gasteiger partial charge is 0.0784 e. The number of aliphatic hydroxyl groups is 1. The Morgan fingerprint density at radius 1 is 1.23 bits per heavy atom. The molecule has 1 nitrogen and oxygen atoms in total. The predicted octanol–water partition coefficient (Wildman–Crippen LogP) is 2.81. The summed E-state index contributed by atoms with van der Waals surface area (Å²) in [4.78, 5) is 0.